The minimum Gasteiger partial charge on any atom is -0.469 e. The molecule has 1 rings (SSSR count). The van der Waals surface area contributed by atoms with Crippen molar-refractivity contribution in [2.24, 2.45) is 0 Å². The molecule has 0 saturated heterocycles. The molecule has 0 spiro atoms. The third-order valence-electron chi connectivity index (χ3n) is 2.30. The van der Waals surface area contributed by atoms with E-state index < -0.39 is 47.5 Å². The molecule has 0 aliphatic carbocycles. The summed E-state index contributed by atoms with van der Waals surface area (Å²) >= 11 is 0. The van der Waals surface area contributed by atoms with E-state index in [9.17, 15) is 26.7 Å². The van der Waals surface area contributed by atoms with Crippen molar-refractivity contribution in [1.82, 2.24) is 4.98 Å². The molecule has 9 heteroatoms. The van der Waals surface area contributed by atoms with Crippen LogP contribution in [0, 0.1) is 11.3 Å². The number of carbonyl (C=O) groups excluding carboxylic acids is 1. The second kappa shape index (κ2) is 5.81. The third-order valence-corrected chi connectivity index (χ3v) is 2.30. The van der Waals surface area contributed by atoms with Gasteiger partial charge in [0.1, 0.15) is 17.5 Å². The van der Waals surface area contributed by atoms with Crippen molar-refractivity contribution in [1.29, 1.82) is 5.26 Å². The molecule has 0 amide bonds. The monoisotopic (exact) mass is 294 g/mol. The number of esters is 1. The molecule has 0 aromatic carbocycles. The number of aromatic nitrogens is 1. The third kappa shape index (κ3) is 3.40. The Kier molecular flexibility index (Phi) is 4.60. The van der Waals surface area contributed by atoms with Crippen molar-refractivity contribution in [3.05, 3.63) is 28.6 Å². The van der Waals surface area contributed by atoms with Crippen LogP contribution in [0.15, 0.2) is 6.07 Å². The lowest BCUT2D eigenvalue weighted by Gasteiger charge is -2.12. The number of carbonyl (C=O) groups is 1. The number of hydrogen-bond donors (Lipinski definition) is 0. The fraction of sp³-hybridized carbons (Fsp3) is 0.364. The largest absolute Gasteiger partial charge is 0.469 e. The van der Waals surface area contributed by atoms with Gasteiger partial charge >= 0.3 is 12.1 Å². The minimum absolute atomic E-state index is 0.390. The Labute approximate surface area is 109 Å². The zero-order chi connectivity index (χ0) is 15.5. The highest BCUT2D eigenvalue weighted by molar-refractivity contribution is 5.73. The number of pyridine rings is 1. The highest BCUT2D eigenvalue weighted by Gasteiger charge is 2.35. The van der Waals surface area contributed by atoms with Crippen molar-refractivity contribution in [2.75, 3.05) is 7.11 Å². The maximum atomic E-state index is 12.7. The van der Waals surface area contributed by atoms with E-state index in [0.29, 0.717) is 6.07 Å². The molecule has 0 fully saturated rings. The zero-order valence-electron chi connectivity index (χ0n) is 9.96. The van der Waals surface area contributed by atoms with Gasteiger partial charge in [-0.05, 0) is 11.6 Å². The lowest BCUT2D eigenvalue weighted by atomic mass is 10.0. The number of halogens is 5. The van der Waals surface area contributed by atoms with Crippen LogP contribution < -0.4 is 0 Å². The molecular weight excluding hydrogens is 287 g/mol. The smallest absolute Gasteiger partial charge is 0.433 e. The average Bonchev–Trinajstić information content (AvgIpc) is 2.36. The Balaban J connectivity index is 3.50. The van der Waals surface area contributed by atoms with Crippen LogP contribution in [0.5, 0.6) is 0 Å². The Morgan fingerprint density at radius 3 is 2.50 bits per heavy atom. The summed E-state index contributed by atoms with van der Waals surface area (Å²) in [5.74, 6) is -0.957. The molecule has 108 valence electrons. The normalized spacial score (nSPS) is 11.3. The first kappa shape index (κ1) is 15.8. The number of methoxy groups -OCH3 is 1. The second-order valence-corrected chi connectivity index (χ2v) is 3.59. The highest BCUT2D eigenvalue weighted by atomic mass is 19.4. The van der Waals surface area contributed by atoms with Crippen molar-refractivity contribution in [3.63, 3.8) is 0 Å². The number of ether oxygens (including phenoxy) is 1. The van der Waals surface area contributed by atoms with Gasteiger partial charge in [-0.25, -0.2) is 13.8 Å². The summed E-state index contributed by atoms with van der Waals surface area (Å²) in [5.41, 5.74) is -4.15. The Morgan fingerprint density at radius 2 is 2.10 bits per heavy atom. The van der Waals surface area contributed by atoms with Crippen molar-refractivity contribution >= 4 is 5.97 Å². The molecule has 1 heterocycles. The lowest BCUT2D eigenvalue weighted by molar-refractivity contribution is -0.142. The maximum Gasteiger partial charge on any atom is 0.433 e. The van der Waals surface area contributed by atoms with Gasteiger partial charge in [0.15, 0.2) is 0 Å². The van der Waals surface area contributed by atoms with Gasteiger partial charge in [0.05, 0.1) is 19.1 Å². The molecule has 0 saturated carbocycles. The van der Waals surface area contributed by atoms with Crippen LogP contribution in [-0.4, -0.2) is 18.1 Å². The highest BCUT2D eigenvalue weighted by Crippen LogP contribution is 2.32. The lowest BCUT2D eigenvalue weighted by Crippen LogP contribution is -2.15. The fourth-order valence-corrected chi connectivity index (χ4v) is 1.42. The van der Waals surface area contributed by atoms with Crippen molar-refractivity contribution in [3.8, 4) is 6.07 Å². The molecule has 20 heavy (non-hydrogen) atoms. The first-order valence-corrected chi connectivity index (χ1v) is 5.06. The van der Waals surface area contributed by atoms with Gasteiger partial charge in [0.25, 0.3) is 6.43 Å². The number of hydrogen-bond acceptors (Lipinski definition) is 4. The van der Waals surface area contributed by atoms with E-state index in [0.717, 1.165) is 7.11 Å². The molecule has 0 aliphatic rings. The molecule has 0 atom stereocenters. The summed E-state index contributed by atoms with van der Waals surface area (Å²) in [4.78, 5) is 13.8. The van der Waals surface area contributed by atoms with Crippen LogP contribution in [0.4, 0.5) is 22.0 Å². The van der Waals surface area contributed by atoms with E-state index >= 15 is 0 Å². The Morgan fingerprint density at radius 1 is 1.50 bits per heavy atom. The van der Waals surface area contributed by atoms with Gasteiger partial charge in [-0.3, -0.25) is 4.79 Å². The van der Waals surface area contributed by atoms with Crippen molar-refractivity contribution < 1.29 is 31.5 Å². The van der Waals surface area contributed by atoms with Gasteiger partial charge in [-0.1, -0.05) is 0 Å². The number of nitrogens with zero attached hydrogens (tertiary/aromatic N) is 2. The van der Waals surface area contributed by atoms with Crippen molar-refractivity contribution in [2.45, 2.75) is 19.0 Å². The number of nitriles is 1. The van der Waals surface area contributed by atoms with Crippen LogP contribution in [0.25, 0.3) is 0 Å². The Bertz CT molecular complexity index is 563. The first-order chi connectivity index (χ1) is 9.20. The SMILES string of the molecule is COC(=O)Cc1cc(C(F)(F)F)nc(C(F)F)c1C#N. The molecule has 0 radical (unpaired) electrons. The predicted molar refractivity (Wildman–Crippen MR) is 54.6 cm³/mol. The van der Waals surface area contributed by atoms with Gasteiger partial charge < -0.3 is 4.74 Å². The summed E-state index contributed by atoms with van der Waals surface area (Å²) in [6, 6.07) is 1.73. The van der Waals surface area contributed by atoms with Crippen LogP contribution in [-0.2, 0) is 22.1 Å². The first-order valence-electron chi connectivity index (χ1n) is 5.06. The van der Waals surface area contributed by atoms with Gasteiger partial charge in [-0.15, -0.1) is 0 Å². The molecule has 1 aromatic heterocycles. The fourth-order valence-electron chi connectivity index (χ4n) is 1.42. The number of alkyl halides is 5. The van der Waals surface area contributed by atoms with Gasteiger partial charge in [0, 0.05) is 0 Å². The Hall–Kier alpha value is -2.24. The van der Waals surface area contributed by atoms with E-state index in [1.807, 2.05) is 0 Å². The summed E-state index contributed by atoms with van der Waals surface area (Å²) in [5, 5.41) is 8.77. The zero-order valence-corrected chi connectivity index (χ0v) is 9.96. The van der Waals surface area contributed by atoms with E-state index in [1.54, 1.807) is 0 Å². The summed E-state index contributed by atoms with van der Waals surface area (Å²) in [7, 11) is 0.980. The summed E-state index contributed by atoms with van der Waals surface area (Å²) < 4.78 is 67.3. The standard InChI is InChI=1S/C11H7F5N2O2/c1-20-8(19)3-5-2-7(11(14,15)16)18-9(10(12)13)6(5)4-17/h2,10H,3H2,1H3. The molecule has 0 N–H and O–H groups in total. The minimum atomic E-state index is -4.97. The van der Waals surface area contributed by atoms with Crippen LogP contribution in [0.3, 0.4) is 0 Å². The molecule has 4 nitrogen and oxygen atoms in total. The van der Waals surface area contributed by atoms with E-state index in [2.05, 4.69) is 9.72 Å². The average molecular weight is 294 g/mol. The van der Waals surface area contributed by atoms with E-state index in [-0.39, 0.29) is 0 Å². The predicted octanol–water partition coefficient (Wildman–Crippen LogP) is 2.63. The van der Waals surface area contributed by atoms with Crippen LogP contribution in [0.1, 0.15) is 28.9 Å². The van der Waals surface area contributed by atoms with Gasteiger partial charge in [0.2, 0.25) is 0 Å². The molecule has 0 unspecified atom stereocenters. The number of rotatable bonds is 3. The topological polar surface area (TPSA) is 63.0 Å². The summed E-state index contributed by atoms with van der Waals surface area (Å²) in [6.07, 6.45) is -9.07. The van der Waals surface area contributed by atoms with Gasteiger partial charge in [-0.2, -0.15) is 18.4 Å². The van der Waals surface area contributed by atoms with E-state index in [4.69, 9.17) is 5.26 Å². The molecular formula is C11H7F5N2O2. The van der Waals surface area contributed by atoms with Crippen LogP contribution >= 0.6 is 0 Å². The molecule has 0 aliphatic heterocycles. The maximum absolute atomic E-state index is 12.7. The summed E-state index contributed by atoms with van der Waals surface area (Å²) in [6.45, 7) is 0. The van der Waals surface area contributed by atoms with E-state index in [1.165, 1.54) is 6.07 Å². The van der Waals surface area contributed by atoms with Crippen LogP contribution in [0.2, 0.25) is 0 Å². The second-order valence-electron chi connectivity index (χ2n) is 3.59. The molecule has 0 bridgehead atoms. The quantitative estimate of drug-likeness (QED) is 0.635. The molecule has 1 aromatic rings.